The summed E-state index contributed by atoms with van der Waals surface area (Å²) >= 11 is 0. The maximum atomic E-state index is 13.7. The molecule has 0 unspecified atom stereocenters. The molecule has 3 heterocycles. The standard InChI is InChI=1S/C18H14FN5O/c1-25-15-6-5-13(10-22-15)24-14-7-8-21-17(20)16(14)23-18(24)11-3-2-4-12(19)9-11/h2-10H,1H3,(H2,20,21). The van der Waals surface area contributed by atoms with E-state index in [1.165, 1.54) is 12.1 Å². The number of rotatable bonds is 3. The number of ether oxygens (including phenoxy) is 1. The molecular weight excluding hydrogens is 321 g/mol. The fraction of sp³-hybridized carbons (Fsp3) is 0.0556. The van der Waals surface area contributed by atoms with Crippen molar-refractivity contribution in [3.63, 3.8) is 0 Å². The van der Waals surface area contributed by atoms with E-state index >= 15 is 0 Å². The first-order chi connectivity index (χ1) is 12.2. The highest BCUT2D eigenvalue weighted by Gasteiger charge is 2.17. The summed E-state index contributed by atoms with van der Waals surface area (Å²) in [5.74, 6) is 1.04. The van der Waals surface area contributed by atoms with Crippen LogP contribution in [0.15, 0.2) is 54.9 Å². The number of imidazole rings is 1. The topological polar surface area (TPSA) is 78.9 Å². The molecular formula is C18H14FN5O. The van der Waals surface area contributed by atoms with Crippen molar-refractivity contribution in [1.82, 2.24) is 19.5 Å². The molecule has 6 nitrogen and oxygen atoms in total. The lowest BCUT2D eigenvalue weighted by atomic mass is 10.2. The Morgan fingerprint density at radius 2 is 2.00 bits per heavy atom. The molecule has 0 atom stereocenters. The summed E-state index contributed by atoms with van der Waals surface area (Å²) in [6.45, 7) is 0. The maximum Gasteiger partial charge on any atom is 0.213 e. The Morgan fingerprint density at radius 3 is 2.72 bits per heavy atom. The summed E-state index contributed by atoms with van der Waals surface area (Å²) in [4.78, 5) is 12.9. The van der Waals surface area contributed by atoms with Crippen LogP contribution in [0.5, 0.6) is 5.88 Å². The zero-order valence-electron chi connectivity index (χ0n) is 13.3. The number of hydrogen-bond donors (Lipinski definition) is 1. The predicted molar refractivity (Wildman–Crippen MR) is 93.0 cm³/mol. The van der Waals surface area contributed by atoms with Crippen LogP contribution in [0.25, 0.3) is 28.1 Å². The van der Waals surface area contributed by atoms with Crippen molar-refractivity contribution < 1.29 is 9.13 Å². The molecule has 0 saturated carbocycles. The van der Waals surface area contributed by atoms with Gasteiger partial charge in [-0.15, -0.1) is 0 Å². The average molecular weight is 335 g/mol. The average Bonchev–Trinajstić information content (AvgIpc) is 3.03. The van der Waals surface area contributed by atoms with Crippen molar-refractivity contribution in [2.24, 2.45) is 0 Å². The number of pyridine rings is 2. The molecule has 1 aromatic carbocycles. The van der Waals surface area contributed by atoms with Crippen molar-refractivity contribution in [2.75, 3.05) is 12.8 Å². The van der Waals surface area contributed by atoms with Crippen LogP contribution in [0, 0.1) is 5.82 Å². The van der Waals surface area contributed by atoms with E-state index in [1.54, 1.807) is 37.7 Å². The smallest absolute Gasteiger partial charge is 0.213 e. The van der Waals surface area contributed by atoms with Crippen LogP contribution in [0.3, 0.4) is 0 Å². The number of aromatic nitrogens is 4. The van der Waals surface area contributed by atoms with Gasteiger partial charge in [0.25, 0.3) is 0 Å². The van der Waals surface area contributed by atoms with Crippen molar-refractivity contribution in [1.29, 1.82) is 0 Å². The highest BCUT2D eigenvalue weighted by molar-refractivity contribution is 5.89. The SMILES string of the molecule is COc1ccc(-n2c(-c3cccc(F)c3)nc3c(N)nccc32)cn1. The Morgan fingerprint density at radius 1 is 1.12 bits per heavy atom. The zero-order valence-corrected chi connectivity index (χ0v) is 13.3. The molecule has 0 amide bonds. The van der Waals surface area contributed by atoms with E-state index in [-0.39, 0.29) is 5.82 Å². The number of nitrogens with two attached hydrogens (primary N) is 1. The molecule has 0 aliphatic heterocycles. The fourth-order valence-electron chi connectivity index (χ4n) is 2.73. The van der Waals surface area contributed by atoms with E-state index in [1.807, 2.05) is 16.7 Å². The molecule has 0 fully saturated rings. The van der Waals surface area contributed by atoms with Gasteiger partial charge in [-0.2, -0.15) is 0 Å². The van der Waals surface area contributed by atoms with Crippen LogP contribution in [-0.4, -0.2) is 26.6 Å². The van der Waals surface area contributed by atoms with E-state index in [9.17, 15) is 4.39 Å². The van der Waals surface area contributed by atoms with Crippen molar-refractivity contribution >= 4 is 16.9 Å². The number of fused-ring (bicyclic) bond motifs is 1. The van der Waals surface area contributed by atoms with E-state index in [0.717, 1.165) is 11.2 Å². The minimum atomic E-state index is -0.338. The lowest BCUT2D eigenvalue weighted by Crippen LogP contribution is -1.99. The maximum absolute atomic E-state index is 13.7. The summed E-state index contributed by atoms with van der Waals surface area (Å²) in [5.41, 5.74) is 8.68. The number of anilines is 1. The second kappa shape index (κ2) is 5.86. The Balaban J connectivity index is 2.03. The monoisotopic (exact) mass is 335 g/mol. The largest absolute Gasteiger partial charge is 0.481 e. The second-order valence-electron chi connectivity index (χ2n) is 5.40. The number of halogens is 1. The van der Waals surface area contributed by atoms with Crippen LogP contribution in [0.1, 0.15) is 0 Å². The van der Waals surface area contributed by atoms with Gasteiger partial charge in [-0.05, 0) is 24.3 Å². The molecule has 0 spiro atoms. The van der Waals surface area contributed by atoms with Gasteiger partial charge in [-0.1, -0.05) is 12.1 Å². The quantitative estimate of drug-likeness (QED) is 0.622. The Labute approximate surface area is 142 Å². The van der Waals surface area contributed by atoms with Gasteiger partial charge in [0.1, 0.15) is 17.2 Å². The van der Waals surface area contributed by atoms with Crippen molar-refractivity contribution in [2.45, 2.75) is 0 Å². The van der Waals surface area contributed by atoms with Crippen LogP contribution in [0.2, 0.25) is 0 Å². The molecule has 4 aromatic rings. The van der Waals surface area contributed by atoms with Gasteiger partial charge in [0.15, 0.2) is 5.82 Å². The molecule has 124 valence electrons. The van der Waals surface area contributed by atoms with Crippen LogP contribution in [0.4, 0.5) is 10.2 Å². The van der Waals surface area contributed by atoms with Crippen LogP contribution in [-0.2, 0) is 0 Å². The van der Waals surface area contributed by atoms with E-state index < -0.39 is 0 Å². The summed E-state index contributed by atoms with van der Waals surface area (Å²) < 4.78 is 20.7. The number of nitrogen functional groups attached to an aromatic ring is 1. The molecule has 7 heteroatoms. The van der Waals surface area contributed by atoms with E-state index in [4.69, 9.17) is 10.5 Å². The minimum absolute atomic E-state index is 0.315. The van der Waals surface area contributed by atoms with Gasteiger partial charge in [-0.3, -0.25) is 4.57 Å². The molecule has 0 radical (unpaired) electrons. The van der Waals surface area contributed by atoms with Gasteiger partial charge in [-0.25, -0.2) is 19.3 Å². The highest BCUT2D eigenvalue weighted by atomic mass is 19.1. The second-order valence-corrected chi connectivity index (χ2v) is 5.40. The van der Waals surface area contributed by atoms with Gasteiger partial charge in [0.2, 0.25) is 5.88 Å². The third-order valence-corrected chi connectivity index (χ3v) is 3.87. The third kappa shape index (κ3) is 2.55. The third-order valence-electron chi connectivity index (χ3n) is 3.87. The van der Waals surface area contributed by atoms with Gasteiger partial charge in [0, 0.05) is 17.8 Å². The van der Waals surface area contributed by atoms with Crippen molar-refractivity contribution in [3.05, 3.63) is 60.7 Å². The molecule has 2 N–H and O–H groups in total. The predicted octanol–water partition coefficient (Wildman–Crippen LogP) is 3.21. The number of benzene rings is 1. The highest BCUT2D eigenvalue weighted by Crippen LogP contribution is 2.30. The summed E-state index contributed by atoms with van der Waals surface area (Å²) in [7, 11) is 1.55. The lowest BCUT2D eigenvalue weighted by Gasteiger charge is -2.10. The van der Waals surface area contributed by atoms with Gasteiger partial charge >= 0.3 is 0 Å². The van der Waals surface area contributed by atoms with E-state index in [0.29, 0.717) is 28.6 Å². The first kappa shape index (κ1) is 15.1. The molecule has 25 heavy (non-hydrogen) atoms. The summed E-state index contributed by atoms with van der Waals surface area (Å²) in [5, 5.41) is 0. The molecule has 3 aromatic heterocycles. The number of hydrogen-bond acceptors (Lipinski definition) is 5. The number of methoxy groups -OCH3 is 1. The fourth-order valence-corrected chi connectivity index (χ4v) is 2.73. The first-order valence-corrected chi connectivity index (χ1v) is 7.56. The summed E-state index contributed by atoms with van der Waals surface area (Å²) in [6, 6.07) is 11.7. The normalized spacial score (nSPS) is 11.0. The van der Waals surface area contributed by atoms with Crippen LogP contribution < -0.4 is 10.5 Å². The number of nitrogens with zero attached hydrogens (tertiary/aromatic N) is 4. The Hall–Kier alpha value is -3.48. The molecule has 4 rings (SSSR count). The zero-order chi connectivity index (χ0) is 17.4. The minimum Gasteiger partial charge on any atom is -0.481 e. The molecule has 0 aliphatic rings. The summed E-state index contributed by atoms with van der Waals surface area (Å²) in [6.07, 6.45) is 3.28. The van der Waals surface area contributed by atoms with Crippen molar-refractivity contribution in [3.8, 4) is 23.0 Å². The lowest BCUT2D eigenvalue weighted by molar-refractivity contribution is 0.398. The Bertz CT molecular complexity index is 1060. The molecule has 0 aliphatic carbocycles. The molecule has 0 saturated heterocycles. The Kier molecular flexibility index (Phi) is 3.53. The van der Waals surface area contributed by atoms with E-state index in [2.05, 4.69) is 15.0 Å². The van der Waals surface area contributed by atoms with Gasteiger partial charge in [0.05, 0.1) is 24.5 Å². The van der Waals surface area contributed by atoms with Gasteiger partial charge < -0.3 is 10.5 Å². The first-order valence-electron chi connectivity index (χ1n) is 7.56. The van der Waals surface area contributed by atoms with Crippen LogP contribution >= 0.6 is 0 Å². The molecule has 0 bridgehead atoms.